The van der Waals surface area contributed by atoms with E-state index in [9.17, 15) is 21.6 Å². The van der Waals surface area contributed by atoms with Gasteiger partial charge in [-0.1, -0.05) is 23.6 Å². The molecule has 174 valence electrons. The van der Waals surface area contributed by atoms with E-state index in [0.717, 1.165) is 48.3 Å². The van der Waals surface area contributed by atoms with E-state index in [-0.39, 0.29) is 21.2 Å². The smallest absolute Gasteiger partial charge is 0.406 e. The molecule has 0 aliphatic heterocycles. The molecular formula is C19H16F3N5O3S3. The molecule has 14 heteroatoms. The third-order valence-corrected chi connectivity index (χ3v) is 7.75. The first-order valence-corrected chi connectivity index (χ1v) is 12.2. The van der Waals surface area contributed by atoms with E-state index in [0.29, 0.717) is 22.5 Å². The molecule has 0 saturated heterocycles. The second kappa shape index (κ2) is 8.83. The first-order valence-electron chi connectivity index (χ1n) is 9.50. The summed E-state index contributed by atoms with van der Waals surface area (Å²) in [4.78, 5) is 4.49. The van der Waals surface area contributed by atoms with E-state index in [4.69, 9.17) is 18.0 Å². The fraction of sp³-hybridized carbons (Fsp3) is 0.263. The lowest BCUT2D eigenvalue weighted by Gasteiger charge is -2.10. The number of benzene rings is 1. The Kier molecular flexibility index (Phi) is 6.24. The lowest BCUT2D eigenvalue weighted by Crippen LogP contribution is -2.22. The standard InChI is InChI=1S/C19H16F3N5O3S3/c20-19(21,22)30-11-3-5-12(6-4-11)33(28,29)13-7-14(23)16(24-8-13)18-27-26-15(32-18)9-25-17(31)10-1-2-10/h3-8,10H,1-2,9,23H2,(H,25,31). The summed E-state index contributed by atoms with van der Waals surface area (Å²) in [5, 5.41) is 12.4. The van der Waals surface area contributed by atoms with Gasteiger partial charge < -0.3 is 15.8 Å². The molecule has 0 bridgehead atoms. The highest BCUT2D eigenvalue weighted by Crippen LogP contribution is 2.32. The third-order valence-electron chi connectivity index (χ3n) is 4.60. The van der Waals surface area contributed by atoms with Crippen molar-refractivity contribution in [2.75, 3.05) is 5.73 Å². The van der Waals surface area contributed by atoms with Crippen LogP contribution in [0.5, 0.6) is 5.75 Å². The van der Waals surface area contributed by atoms with Crippen LogP contribution >= 0.6 is 23.6 Å². The molecular weight excluding hydrogens is 499 g/mol. The number of halogens is 3. The van der Waals surface area contributed by atoms with E-state index >= 15 is 0 Å². The predicted octanol–water partition coefficient (Wildman–Crippen LogP) is 3.74. The van der Waals surface area contributed by atoms with Gasteiger partial charge in [-0.2, -0.15) is 0 Å². The van der Waals surface area contributed by atoms with Gasteiger partial charge in [-0.3, -0.25) is 4.98 Å². The Hall–Kier alpha value is -2.84. The summed E-state index contributed by atoms with van der Waals surface area (Å²) in [6, 6.07) is 5.07. The zero-order valence-corrected chi connectivity index (χ0v) is 19.1. The highest BCUT2D eigenvalue weighted by atomic mass is 32.2. The molecule has 4 rings (SSSR count). The van der Waals surface area contributed by atoms with Crippen LogP contribution in [0.15, 0.2) is 46.3 Å². The molecule has 1 aliphatic carbocycles. The first kappa shape index (κ1) is 23.3. The van der Waals surface area contributed by atoms with Crippen LogP contribution in [0.25, 0.3) is 10.7 Å². The molecule has 0 amide bonds. The number of pyridine rings is 1. The molecule has 8 nitrogen and oxygen atoms in total. The number of aromatic nitrogens is 3. The lowest BCUT2D eigenvalue weighted by molar-refractivity contribution is -0.274. The average Bonchev–Trinajstić information content (AvgIpc) is 3.50. The minimum Gasteiger partial charge on any atom is -0.406 e. The molecule has 1 saturated carbocycles. The van der Waals surface area contributed by atoms with Crippen LogP contribution in [0.2, 0.25) is 0 Å². The fourth-order valence-electron chi connectivity index (χ4n) is 2.82. The summed E-state index contributed by atoms with van der Waals surface area (Å²) >= 11 is 6.53. The minimum atomic E-state index is -4.88. The highest BCUT2D eigenvalue weighted by Gasteiger charge is 2.31. The molecule has 3 aromatic rings. The van der Waals surface area contributed by atoms with E-state index < -0.39 is 21.9 Å². The van der Waals surface area contributed by atoms with Crippen molar-refractivity contribution in [3.05, 3.63) is 41.5 Å². The maximum absolute atomic E-state index is 12.8. The Bertz CT molecular complexity index is 1290. The number of nitrogens with one attached hydrogen (secondary N) is 1. The van der Waals surface area contributed by atoms with Gasteiger partial charge in [0.05, 0.1) is 27.0 Å². The quantitative estimate of drug-likeness (QED) is 0.453. The number of nitrogen functional groups attached to an aromatic ring is 1. The summed E-state index contributed by atoms with van der Waals surface area (Å²) in [7, 11) is -4.07. The second-order valence-electron chi connectivity index (χ2n) is 7.12. The van der Waals surface area contributed by atoms with Crippen LogP contribution in [-0.2, 0) is 16.4 Å². The molecule has 2 heterocycles. The number of thiocarbonyl (C=S) groups is 1. The molecule has 1 fully saturated rings. The molecule has 1 aliphatic rings. The normalized spacial score (nSPS) is 14.2. The van der Waals surface area contributed by atoms with Crippen LogP contribution in [0.3, 0.4) is 0 Å². The van der Waals surface area contributed by atoms with E-state index in [1.54, 1.807) is 0 Å². The molecule has 0 unspecified atom stereocenters. The molecule has 3 N–H and O–H groups in total. The number of alkyl halides is 3. The predicted molar refractivity (Wildman–Crippen MR) is 118 cm³/mol. The minimum absolute atomic E-state index is 0.0669. The van der Waals surface area contributed by atoms with Crippen LogP contribution in [0.1, 0.15) is 17.8 Å². The van der Waals surface area contributed by atoms with Gasteiger partial charge in [0.2, 0.25) is 9.84 Å². The largest absolute Gasteiger partial charge is 0.573 e. The van der Waals surface area contributed by atoms with Crippen molar-refractivity contribution in [1.82, 2.24) is 20.5 Å². The Morgan fingerprint density at radius 2 is 1.91 bits per heavy atom. The van der Waals surface area contributed by atoms with Gasteiger partial charge in [-0.05, 0) is 43.2 Å². The number of hydrogen-bond donors (Lipinski definition) is 2. The van der Waals surface area contributed by atoms with Gasteiger partial charge in [0, 0.05) is 12.1 Å². The Morgan fingerprint density at radius 1 is 1.21 bits per heavy atom. The summed E-state index contributed by atoms with van der Waals surface area (Å²) in [6.07, 6.45) is -1.58. The van der Waals surface area contributed by atoms with Gasteiger partial charge in [-0.15, -0.1) is 23.4 Å². The second-order valence-corrected chi connectivity index (χ2v) is 10.6. The molecule has 2 aromatic heterocycles. The number of hydrogen-bond acceptors (Lipinski definition) is 9. The summed E-state index contributed by atoms with van der Waals surface area (Å²) in [6.45, 7) is 0.424. The van der Waals surface area contributed by atoms with Crippen LogP contribution < -0.4 is 15.8 Å². The van der Waals surface area contributed by atoms with E-state index in [1.807, 2.05) is 0 Å². The number of sulfone groups is 1. The zero-order chi connectivity index (χ0) is 23.8. The number of rotatable bonds is 7. The summed E-state index contributed by atoms with van der Waals surface area (Å²) in [5.41, 5.74) is 6.37. The molecule has 33 heavy (non-hydrogen) atoms. The molecule has 1 aromatic carbocycles. The number of ether oxygens (including phenoxy) is 1. The van der Waals surface area contributed by atoms with Crippen molar-refractivity contribution in [3.8, 4) is 16.5 Å². The fourth-order valence-corrected chi connectivity index (χ4v) is 5.16. The molecule has 0 atom stereocenters. The maximum Gasteiger partial charge on any atom is 0.573 e. The van der Waals surface area contributed by atoms with Gasteiger partial charge >= 0.3 is 6.36 Å². The summed E-state index contributed by atoms with van der Waals surface area (Å²) < 4.78 is 66.3. The maximum atomic E-state index is 12.8. The van der Waals surface area contributed by atoms with Crippen LogP contribution in [-0.4, -0.2) is 35.0 Å². The van der Waals surface area contributed by atoms with Crippen molar-refractivity contribution in [1.29, 1.82) is 0 Å². The average molecular weight is 516 g/mol. The van der Waals surface area contributed by atoms with Crippen molar-refractivity contribution in [2.24, 2.45) is 5.92 Å². The van der Waals surface area contributed by atoms with Crippen molar-refractivity contribution in [3.63, 3.8) is 0 Å². The SMILES string of the molecule is Nc1cc(S(=O)(=O)c2ccc(OC(F)(F)F)cc2)cnc1-c1nnc(CNC(=S)C2CC2)s1. The lowest BCUT2D eigenvalue weighted by atomic mass is 10.3. The monoisotopic (exact) mass is 515 g/mol. The first-order chi connectivity index (χ1) is 15.5. The highest BCUT2D eigenvalue weighted by molar-refractivity contribution is 7.91. The van der Waals surface area contributed by atoms with Gasteiger partial charge in [-0.25, -0.2) is 8.42 Å². The topological polar surface area (TPSA) is 120 Å². The van der Waals surface area contributed by atoms with E-state index in [2.05, 4.69) is 25.2 Å². The van der Waals surface area contributed by atoms with E-state index in [1.165, 1.54) is 17.4 Å². The van der Waals surface area contributed by atoms with Crippen molar-refractivity contribution < 1.29 is 26.3 Å². The molecule has 0 radical (unpaired) electrons. The van der Waals surface area contributed by atoms with Crippen LogP contribution in [0, 0.1) is 5.92 Å². The van der Waals surface area contributed by atoms with Crippen molar-refractivity contribution >= 4 is 44.1 Å². The van der Waals surface area contributed by atoms with Gasteiger partial charge in [0.25, 0.3) is 0 Å². The molecule has 0 spiro atoms. The third kappa shape index (κ3) is 5.57. The van der Waals surface area contributed by atoms with Crippen molar-refractivity contribution in [2.45, 2.75) is 35.5 Å². The van der Waals surface area contributed by atoms with Crippen LogP contribution in [0.4, 0.5) is 18.9 Å². The summed E-state index contributed by atoms with van der Waals surface area (Å²) in [5.74, 6) is -0.0959. The Labute approximate surface area is 195 Å². The Balaban J connectivity index is 1.50. The van der Waals surface area contributed by atoms with Gasteiger partial charge in [0.1, 0.15) is 16.5 Å². The number of nitrogens with zero attached hydrogens (tertiary/aromatic N) is 3. The number of nitrogens with two attached hydrogens (primary N) is 1. The zero-order valence-electron chi connectivity index (χ0n) is 16.7. The van der Waals surface area contributed by atoms with Gasteiger partial charge in [0.15, 0.2) is 5.01 Å². The number of anilines is 1. The Morgan fingerprint density at radius 3 is 2.52 bits per heavy atom.